The van der Waals surface area contributed by atoms with Crippen molar-refractivity contribution in [2.24, 2.45) is 0 Å². The van der Waals surface area contributed by atoms with Gasteiger partial charge in [-0.15, -0.1) is 0 Å². The van der Waals surface area contributed by atoms with E-state index in [2.05, 4.69) is 16.3 Å². The van der Waals surface area contributed by atoms with Crippen LogP contribution in [0.15, 0.2) is 18.2 Å². The molecule has 1 fully saturated rings. The molecule has 0 amide bonds. The Morgan fingerprint density at radius 1 is 1.31 bits per heavy atom. The smallest absolute Gasteiger partial charge is 0.117 e. The standard InChI is InChI=1S/C12H18N2O2/c1-13-11-6-10(7-12(15)8-11)9-14-2-4-16-5-3-14/h6-8,13,15H,2-5,9H2,1H3. The fourth-order valence-corrected chi connectivity index (χ4v) is 1.93. The highest BCUT2D eigenvalue weighted by atomic mass is 16.5. The van der Waals surface area contributed by atoms with E-state index < -0.39 is 0 Å². The van der Waals surface area contributed by atoms with Crippen molar-refractivity contribution in [3.63, 3.8) is 0 Å². The monoisotopic (exact) mass is 222 g/mol. The Bertz CT molecular complexity index is 349. The molecule has 2 rings (SSSR count). The fourth-order valence-electron chi connectivity index (χ4n) is 1.93. The zero-order chi connectivity index (χ0) is 11.4. The molecule has 1 saturated heterocycles. The van der Waals surface area contributed by atoms with Gasteiger partial charge < -0.3 is 15.2 Å². The first-order valence-electron chi connectivity index (χ1n) is 5.59. The zero-order valence-electron chi connectivity index (χ0n) is 9.57. The van der Waals surface area contributed by atoms with Gasteiger partial charge in [0.25, 0.3) is 0 Å². The van der Waals surface area contributed by atoms with Crippen molar-refractivity contribution >= 4 is 5.69 Å². The lowest BCUT2D eigenvalue weighted by Crippen LogP contribution is -2.35. The molecule has 1 aromatic rings. The Morgan fingerprint density at radius 3 is 2.75 bits per heavy atom. The predicted octanol–water partition coefficient (Wildman–Crippen LogP) is 1.27. The summed E-state index contributed by atoms with van der Waals surface area (Å²) in [5.74, 6) is 0.315. The zero-order valence-corrected chi connectivity index (χ0v) is 9.57. The number of nitrogens with zero attached hydrogens (tertiary/aromatic N) is 1. The Morgan fingerprint density at radius 2 is 2.06 bits per heavy atom. The van der Waals surface area contributed by atoms with E-state index in [-0.39, 0.29) is 0 Å². The van der Waals surface area contributed by atoms with Crippen LogP contribution < -0.4 is 5.32 Å². The van der Waals surface area contributed by atoms with E-state index in [1.807, 2.05) is 13.1 Å². The first kappa shape index (κ1) is 11.2. The molecule has 88 valence electrons. The second-order valence-electron chi connectivity index (χ2n) is 4.03. The van der Waals surface area contributed by atoms with Crippen molar-refractivity contribution in [2.45, 2.75) is 6.54 Å². The molecule has 0 radical (unpaired) electrons. The Balaban J connectivity index is 2.04. The lowest BCUT2D eigenvalue weighted by Gasteiger charge is -2.26. The molecule has 0 atom stereocenters. The van der Waals surface area contributed by atoms with Crippen LogP contribution in [0, 0.1) is 0 Å². The van der Waals surface area contributed by atoms with E-state index in [4.69, 9.17) is 4.74 Å². The number of aromatic hydroxyl groups is 1. The van der Waals surface area contributed by atoms with Crippen LogP contribution in [0.3, 0.4) is 0 Å². The van der Waals surface area contributed by atoms with E-state index in [9.17, 15) is 5.11 Å². The minimum atomic E-state index is 0.315. The van der Waals surface area contributed by atoms with E-state index in [1.165, 1.54) is 0 Å². The quantitative estimate of drug-likeness (QED) is 0.808. The van der Waals surface area contributed by atoms with Gasteiger partial charge in [-0.1, -0.05) is 0 Å². The summed E-state index contributed by atoms with van der Waals surface area (Å²) in [4.78, 5) is 2.33. The van der Waals surface area contributed by atoms with Gasteiger partial charge in [0.1, 0.15) is 5.75 Å². The molecule has 0 aromatic heterocycles. The van der Waals surface area contributed by atoms with E-state index in [0.29, 0.717) is 5.75 Å². The van der Waals surface area contributed by atoms with Gasteiger partial charge >= 0.3 is 0 Å². The molecule has 1 aromatic carbocycles. The molecule has 16 heavy (non-hydrogen) atoms. The second kappa shape index (κ2) is 5.18. The maximum atomic E-state index is 9.57. The van der Waals surface area contributed by atoms with Crippen LogP contribution in [0.1, 0.15) is 5.56 Å². The molecular weight excluding hydrogens is 204 g/mol. The summed E-state index contributed by atoms with van der Waals surface area (Å²) < 4.78 is 5.30. The highest BCUT2D eigenvalue weighted by Gasteiger charge is 2.11. The normalized spacial score (nSPS) is 17.3. The molecule has 0 saturated carbocycles. The van der Waals surface area contributed by atoms with Crippen LogP contribution in [0.5, 0.6) is 5.75 Å². The molecule has 2 N–H and O–H groups in total. The molecule has 0 aliphatic carbocycles. The number of hydrogen-bond acceptors (Lipinski definition) is 4. The number of morpholine rings is 1. The Kier molecular flexibility index (Phi) is 3.64. The number of phenolic OH excluding ortho intramolecular Hbond substituents is 1. The van der Waals surface area contributed by atoms with Crippen LogP contribution in [0.25, 0.3) is 0 Å². The molecular formula is C12H18N2O2. The van der Waals surface area contributed by atoms with Gasteiger partial charge in [0, 0.05) is 38.4 Å². The average molecular weight is 222 g/mol. The first-order chi connectivity index (χ1) is 7.78. The van der Waals surface area contributed by atoms with Crippen molar-refractivity contribution < 1.29 is 9.84 Å². The SMILES string of the molecule is CNc1cc(O)cc(CN2CCOCC2)c1. The van der Waals surface area contributed by atoms with Gasteiger partial charge in [-0.2, -0.15) is 0 Å². The van der Waals surface area contributed by atoms with Crippen LogP contribution in [-0.4, -0.2) is 43.4 Å². The molecule has 0 bridgehead atoms. The summed E-state index contributed by atoms with van der Waals surface area (Å²) in [7, 11) is 1.85. The number of nitrogens with one attached hydrogen (secondary N) is 1. The average Bonchev–Trinajstić information content (AvgIpc) is 2.29. The fraction of sp³-hybridized carbons (Fsp3) is 0.500. The topological polar surface area (TPSA) is 44.7 Å². The number of anilines is 1. The minimum Gasteiger partial charge on any atom is -0.508 e. The van der Waals surface area contributed by atoms with Crippen molar-refractivity contribution in [1.82, 2.24) is 4.90 Å². The van der Waals surface area contributed by atoms with Crippen molar-refractivity contribution in [3.05, 3.63) is 23.8 Å². The van der Waals surface area contributed by atoms with Gasteiger partial charge in [0.15, 0.2) is 0 Å². The minimum absolute atomic E-state index is 0.315. The molecule has 0 unspecified atom stereocenters. The van der Waals surface area contributed by atoms with Crippen LogP contribution in [0.4, 0.5) is 5.69 Å². The van der Waals surface area contributed by atoms with Crippen molar-refractivity contribution in [2.75, 3.05) is 38.7 Å². The number of benzene rings is 1. The summed E-state index contributed by atoms with van der Waals surface area (Å²) in [5, 5.41) is 12.6. The van der Waals surface area contributed by atoms with Gasteiger partial charge in [0.05, 0.1) is 13.2 Å². The third-order valence-electron chi connectivity index (χ3n) is 2.78. The van der Waals surface area contributed by atoms with Crippen molar-refractivity contribution in [1.29, 1.82) is 0 Å². The van der Waals surface area contributed by atoms with Crippen molar-refractivity contribution in [3.8, 4) is 5.75 Å². The number of ether oxygens (including phenoxy) is 1. The van der Waals surface area contributed by atoms with E-state index in [0.717, 1.165) is 44.1 Å². The molecule has 4 nitrogen and oxygen atoms in total. The summed E-state index contributed by atoms with van der Waals surface area (Å²) >= 11 is 0. The molecule has 1 aliphatic rings. The lowest BCUT2D eigenvalue weighted by molar-refractivity contribution is 0.0342. The van der Waals surface area contributed by atoms with E-state index in [1.54, 1.807) is 6.07 Å². The summed E-state index contributed by atoms with van der Waals surface area (Å²) in [5.41, 5.74) is 2.08. The van der Waals surface area contributed by atoms with Gasteiger partial charge in [-0.25, -0.2) is 0 Å². The number of phenols is 1. The van der Waals surface area contributed by atoms with Gasteiger partial charge in [-0.05, 0) is 17.7 Å². The Hall–Kier alpha value is -1.26. The molecule has 4 heteroatoms. The Labute approximate surface area is 95.8 Å². The van der Waals surface area contributed by atoms with Gasteiger partial charge in [0.2, 0.25) is 0 Å². The molecule has 1 aliphatic heterocycles. The highest BCUT2D eigenvalue weighted by molar-refractivity contribution is 5.50. The third kappa shape index (κ3) is 2.87. The van der Waals surface area contributed by atoms with Gasteiger partial charge in [-0.3, -0.25) is 4.90 Å². The maximum absolute atomic E-state index is 9.57. The second-order valence-corrected chi connectivity index (χ2v) is 4.03. The first-order valence-corrected chi connectivity index (χ1v) is 5.59. The summed E-state index contributed by atoms with van der Waals surface area (Å²) in [6.07, 6.45) is 0. The van der Waals surface area contributed by atoms with Crippen LogP contribution >= 0.6 is 0 Å². The largest absolute Gasteiger partial charge is 0.508 e. The number of hydrogen-bond donors (Lipinski definition) is 2. The highest BCUT2D eigenvalue weighted by Crippen LogP contribution is 2.20. The van der Waals surface area contributed by atoms with Crippen LogP contribution in [0.2, 0.25) is 0 Å². The summed E-state index contributed by atoms with van der Waals surface area (Å²) in [6.45, 7) is 4.40. The molecule has 0 spiro atoms. The lowest BCUT2D eigenvalue weighted by atomic mass is 10.1. The third-order valence-corrected chi connectivity index (χ3v) is 2.78. The predicted molar refractivity (Wildman–Crippen MR) is 63.7 cm³/mol. The maximum Gasteiger partial charge on any atom is 0.117 e. The summed E-state index contributed by atoms with van der Waals surface area (Å²) in [6, 6.07) is 5.61. The molecule has 1 heterocycles. The van der Waals surface area contributed by atoms with Crippen LogP contribution in [-0.2, 0) is 11.3 Å². The number of rotatable bonds is 3. The van der Waals surface area contributed by atoms with E-state index >= 15 is 0 Å².